The third-order valence-corrected chi connectivity index (χ3v) is 3.48. The molecule has 2 aromatic heterocycles. The first-order valence-electron chi connectivity index (χ1n) is 6.51. The van der Waals surface area contributed by atoms with E-state index in [-0.39, 0.29) is 0 Å². The summed E-state index contributed by atoms with van der Waals surface area (Å²) in [6, 6.07) is 11.3. The van der Waals surface area contributed by atoms with Gasteiger partial charge in [0.15, 0.2) is 5.82 Å². The van der Waals surface area contributed by atoms with Gasteiger partial charge in [-0.15, -0.1) is 0 Å². The van der Waals surface area contributed by atoms with Crippen molar-refractivity contribution < 1.29 is 4.39 Å². The number of nitrogens with one attached hydrogen (secondary N) is 1. The van der Waals surface area contributed by atoms with Gasteiger partial charge in [-0.2, -0.15) is 4.39 Å². The second kappa shape index (κ2) is 6.57. The Morgan fingerprint density at radius 2 is 1.86 bits per heavy atom. The first-order chi connectivity index (χ1) is 10.7. The molecular formula is C15H11BrFN5. The number of benzene rings is 1. The monoisotopic (exact) mass is 359 g/mol. The van der Waals surface area contributed by atoms with Crippen molar-refractivity contribution in [1.29, 1.82) is 0 Å². The van der Waals surface area contributed by atoms with Gasteiger partial charge in [0.1, 0.15) is 5.82 Å². The lowest BCUT2D eigenvalue weighted by Crippen LogP contribution is -2.06. The fraction of sp³-hybridized carbons (Fsp3) is 0.0667. The summed E-state index contributed by atoms with van der Waals surface area (Å²) in [6.45, 7) is 0.337. The molecule has 22 heavy (non-hydrogen) atoms. The van der Waals surface area contributed by atoms with E-state index >= 15 is 0 Å². The number of rotatable bonds is 4. The summed E-state index contributed by atoms with van der Waals surface area (Å²) in [4.78, 5) is 15.9. The van der Waals surface area contributed by atoms with E-state index in [2.05, 4.69) is 41.2 Å². The summed E-state index contributed by atoms with van der Waals surface area (Å²) >= 11 is 3.40. The first kappa shape index (κ1) is 14.5. The minimum Gasteiger partial charge on any atom is -0.363 e. The Balaban J connectivity index is 1.81. The Bertz CT molecular complexity index is 782. The van der Waals surface area contributed by atoms with Crippen molar-refractivity contribution in [3.63, 3.8) is 0 Å². The van der Waals surface area contributed by atoms with E-state index in [0.29, 0.717) is 23.9 Å². The summed E-state index contributed by atoms with van der Waals surface area (Å²) in [7, 11) is 0. The van der Waals surface area contributed by atoms with Gasteiger partial charge < -0.3 is 5.32 Å². The van der Waals surface area contributed by atoms with Gasteiger partial charge in [-0.1, -0.05) is 30.3 Å². The zero-order chi connectivity index (χ0) is 15.4. The predicted octanol–water partition coefficient (Wildman–Crippen LogP) is 3.45. The van der Waals surface area contributed by atoms with Gasteiger partial charge in [0.05, 0.1) is 16.7 Å². The van der Waals surface area contributed by atoms with Crippen molar-refractivity contribution in [3.8, 4) is 11.4 Å². The van der Waals surface area contributed by atoms with E-state index in [4.69, 9.17) is 0 Å². The molecule has 3 rings (SSSR count). The molecule has 0 saturated heterocycles. The van der Waals surface area contributed by atoms with Crippen LogP contribution in [0.3, 0.4) is 0 Å². The highest BCUT2D eigenvalue weighted by Crippen LogP contribution is 2.23. The van der Waals surface area contributed by atoms with Crippen LogP contribution in [0.4, 0.5) is 10.2 Å². The summed E-state index contributed by atoms with van der Waals surface area (Å²) in [5.41, 5.74) is 1.46. The molecule has 1 N–H and O–H groups in total. The standard InChI is InChI=1S/C15H11BrFN5/c16-12-9-20-13(10-4-2-1-3-5-10)22-14(12)19-8-11-6-7-18-15(17)21-11/h1-7,9H,8H2,(H,19,20,22). The topological polar surface area (TPSA) is 63.6 Å². The van der Waals surface area contributed by atoms with Gasteiger partial charge in [-0.3, -0.25) is 0 Å². The zero-order valence-electron chi connectivity index (χ0n) is 11.4. The molecule has 5 nitrogen and oxygen atoms in total. The number of hydrogen-bond acceptors (Lipinski definition) is 5. The van der Waals surface area contributed by atoms with Gasteiger partial charge in [-0.25, -0.2) is 19.9 Å². The van der Waals surface area contributed by atoms with Crippen LogP contribution in [0.15, 0.2) is 53.3 Å². The molecule has 0 fully saturated rings. The lowest BCUT2D eigenvalue weighted by molar-refractivity contribution is 0.533. The maximum absolute atomic E-state index is 13.0. The molecule has 2 heterocycles. The van der Waals surface area contributed by atoms with Crippen LogP contribution in [-0.2, 0) is 6.54 Å². The number of anilines is 1. The Morgan fingerprint density at radius 1 is 1.05 bits per heavy atom. The highest BCUT2D eigenvalue weighted by atomic mass is 79.9. The molecule has 0 amide bonds. The van der Waals surface area contributed by atoms with Crippen LogP contribution in [0.1, 0.15) is 5.69 Å². The van der Waals surface area contributed by atoms with E-state index in [9.17, 15) is 4.39 Å². The average Bonchev–Trinajstić information content (AvgIpc) is 2.55. The van der Waals surface area contributed by atoms with Crippen LogP contribution in [0.2, 0.25) is 0 Å². The highest BCUT2D eigenvalue weighted by Gasteiger charge is 2.07. The lowest BCUT2D eigenvalue weighted by Gasteiger charge is -2.09. The molecule has 0 aliphatic carbocycles. The van der Waals surface area contributed by atoms with Crippen LogP contribution in [0.25, 0.3) is 11.4 Å². The van der Waals surface area contributed by atoms with Crippen molar-refractivity contribution in [1.82, 2.24) is 19.9 Å². The smallest absolute Gasteiger partial charge is 0.308 e. The third-order valence-electron chi connectivity index (χ3n) is 2.90. The molecule has 0 atom stereocenters. The van der Waals surface area contributed by atoms with Crippen LogP contribution in [0.5, 0.6) is 0 Å². The third kappa shape index (κ3) is 3.43. The SMILES string of the molecule is Fc1nccc(CNc2nc(-c3ccccc3)ncc2Br)n1. The highest BCUT2D eigenvalue weighted by molar-refractivity contribution is 9.10. The van der Waals surface area contributed by atoms with Crippen molar-refractivity contribution in [2.45, 2.75) is 6.54 Å². The van der Waals surface area contributed by atoms with Crippen LogP contribution >= 0.6 is 15.9 Å². The Morgan fingerprint density at radius 3 is 2.64 bits per heavy atom. The first-order valence-corrected chi connectivity index (χ1v) is 7.31. The average molecular weight is 360 g/mol. The summed E-state index contributed by atoms with van der Waals surface area (Å²) in [5, 5.41) is 3.11. The Labute approximate surface area is 134 Å². The van der Waals surface area contributed by atoms with Gasteiger partial charge in [0, 0.05) is 18.0 Å². The van der Waals surface area contributed by atoms with Crippen molar-refractivity contribution in [2.75, 3.05) is 5.32 Å². The number of nitrogens with zero attached hydrogens (tertiary/aromatic N) is 4. The van der Waals surface area contributed by atoms with E-state index in [0.717, 1.165) is 10.0 Å². The van der Waals surface area contributed by atoms with Crippen molar-refractivity contribution >= 4 is 21.7 Å². The summed E-state index contributed by atoms with van der Waals surface area (Å²) in [5.74, 6) is 1.23. The van der Waals surface area contributed by atoms with E-state index in [1.165, 1.54) is 6.20 Å². The van der Waals surface area contributed by atoms with Gasteiger partial charge in [0.25, 0.3) is 0 Å². The van der Waals surface area contributed by atoms with E-state index < -0.39 is 6.08 Å². The summed E-state index contributed by atoms with van der Waals surface area (Å²) in [6.07, 6.45) is 2.31. The Hall–Kier alpha value is -2.41. The van der Waals surface area contributed by atoms with Crippen molar-refractivity contribution in [3.05, 3.63) is 65.0 Å². The van der Waals surface area contributed by atoms with Crippen LogP contribution < -0.4 is 5.32 Å². The molecule has 1 aromatic carbocycles. The maximum Gasteiger partial charge on any atom is 0.308 e. The fourth-order valence-corrected chi connectivity index (χ4v) is 2.19. The largest absolute Gasteiger partial charge is 0.363 e. The molecular weight excluding hydrogens is 349 g/mol. The van der Waals surface area contributed by atoms with Crippen LogP contribution in [0, 0.1) is 6.08 Å². The molecule has 0 unspecified atom stereocenters. The Kier molecular flexibility index (Phi) is 4.34. The predicted molar refractivity (Wildman–Crippen MR) is 84.5 cm³/mol. The van der Waals surface area contributed by atoms with E-state index in [1.807, 2.05) is 30.3 Å². The lowest BCUT2D eigenvalue weighted by atomic mass is 10.2. The normalized spacial score (nSPS) is 10.5. The number of aromatic nitrogens is 4. The maximum atomic E-state index is 13.0. The molecule has 110 valence electrons. The zero-order valence-corrected chi connectivity index (χ0v) is 13.0. The van der Waals surface area contributed by atoms with Crippen LogP contribution in [-0.4, -0.2) is 19.9 Å². The number of hydrogen-bond donors (Lipinski definition) is 1. The van der Waals surface area contributed by atoms with Crippen molar-refractivity contribution in [2.24, 2.45) is 0 Å². The van der Waals surface area contributed by atoms with E-state index in [1.54, 1.807) is 12.3 Å². The molecule has 7 heteroatoms. The molecule has 0 spiro atoms. The summed E-state index contributed by atoms with van der Waals surface area (Å²) < 4.78 is 13.7. The quantitative estimate of drug-likeness (QED) is 0.722. The second-order valence-corrected chi connectivity index (χ2v) is 5.28. The molecule has 0 saturated carbocycles. The molecule has 3 aromatic rings. The van der Waals surface area contributed by atoms with Gasteiger partial charge in [-0.05, 0) is 22.0 Å². The molecule has 0 bridgehead atoms. The van der Waals surface area contributed by atoms with Gasteiger partial charge in [0.2, 0.25) is 0 Å². The number of halogens is 2. The minimum atomic E-state index is -0.744. The minimum absolute atomic E-state index is 0.337. The van der Waals surface area contributed by atoms with Gasteiger partial charge >= 0.3 is 6.08 Å². The fourth-order valence-electron chi connectivity index (χ4n) is 1.86. The molecule has 0 aliphatic heterocycles. The molecule has 0 radical (unpaired) electrons. The second-order valence-electron chi connectivity index (χ2n) is 4.43. The molecule has 0 aliphatic rings.